The highest BCUT2D eigenvalue weighted by Crippen LogP contribution is 2.19. The van der Waals surface area contributed by atoms with Crippen LogP contribution in [-0.2, 0) is 6.61 Å². The van der Waals surface area contributed by atoms with E-state index in [4.69, 9.17) is 26.4 Å². The van der Waals surface area contributed by atoms with Crippen molar-refractivity contribution in [3.8, 4) is 5.75 Å². The molecule has 0 atom stereocenters. The Bertz CT molecular complexity index is 578. The molecule has 98 valence electrons. The molecule has 2 aromatic carbocycles. The van der Waals surface area contributed by atoms with Gasteiger partial charge in [-0.05, 0) is 29.7 Å². The SMILES string of the molecule is OB(O)c1cccc(OCc2ccc(F)cc2Cl)c1. The van der Waals surface area contributed by atoms with Crippen molar-refractivity contribution >= 4 is 24.2 Å². The molecule has 2 rings (SSSR count). The fraction of sp³-hybridized carbons (Fsp3) is 0.0769. The Hall–Kier alpha value is -1.56. The zero-order valence-corrected chi connectivity index (χ0v) is 10.6. The van der Waals surface area contributed by atoms with Crippen molar-refractivity contribution in [3.63, 3.8) is 0 Å². The van der Waals surface area contributed by atoms with E-state index in [1.807, 2.05) is 0 Å². The minimum atomic E-state index is -1.54. The van der Waals surface area contributed by atoms with Gasteiger partial charge in [-0.1, -0.05) is 29.8 Å². The van der Waals surface area contributed by atoms with Crippen LogP contribution < -0.4 is 10.2 Å². The molecule has 0 fully saturated rings. The van der Waals surface area contributed by atoms with Crippen LogP contribution in [0.5, 0.6) is 5.75 Å². The molecule has 0 aliphatic heterocycles. The van der Waals surface area contributed by atoms with Crippen LogP contribution in [0.2, 0.25) is 5.02 Å². The third-order valence-corrected chi connectivity index (χ3v) is 2.92. The molecule has 0 aliphatic carbocycles. The molecular formula is C13H11BClFO3. The van der Waals surface area contributed by atoms with Crippen LogP contribution in [0.1, 0.15) is 5.56 Å². The summed E-state index contributed by atoms with van der Waals surface area (Å²) in [5.41, 5.74) is 0.987. The number of ether oxygens (including phenoxy) is 1. The fourth-order valence-corrected chi connectivity index (χ4v) is 1.79. The van der Waals surface area contributed by atoms with Crippen molar-refractivity contribution in [1.82, 2.24) is 0 Å². The van der Waals surface area contributed by atoms with Gasteiger partial charge in [-0.25, -0.2) is 4.39 Å². The summed E-state index contributed by atoms with van der Waals surface area (Å²) >= 11 is 5.88. The van der Waals surface area contributed by atoms with Gasteiger partial charge in [-0.3, -0.25) is 0 Å². The molecule has 3 nitrogen and oxygen atoms in total. The van der Waals surface area contributed by atoms with Crippen LogP contribution in [0.3, 0.4) is 0 Å². The standard InChI is InChI=1S/C13H11BClFO3/c15-13-7-11(16)5-4-9(13)8-19-12-3-1-2-10(6-12)14(17)18/h1-7,17-18H,8H2. The highest BCUT2D eigenvalue weighted by Gasteiger charge is 2.11. The summed E-state index contributed by atoms with van der Waals surface area (Å²) in [6, 6.07) is 10.5. The van der Waals surface area contributed by atoms with Crippen molar-refractivity contribution in [3.05, 3.63) is 58.9 Å². The van der Waals surface area contributed by atoms with Crippen LogP contribution in [0.4, 0.5) is 4.39 Å². The lowest BCUT2D eigenvalue weighted by Gasteiger charge is -2.09. The summed E-state index contributed by atoms with van der Waals surface area (Å²) in [5.74, 6) is 0.0742. The van der Waals surface area contributed by atoms with Crippen LogP contribution >= 0.6 is 11.6 Å². The van der Waals surface area contributed by atoms with Crippen molar-refractivity contribution in [1.29, 1.82) is 0 Å². The molecule has 0 aliphatic rings. The van der Waals surface area contributed by atoms with E-state index >= 15 is 0 Å². The maximum absolute atomic E-state index is 12.9. The highest BCUT2D eigenvalue weighted by atomic mass is 35.5. The average molecular weight is 280 g/mol. The van der Waals surface area contributed by atoms with Gasteiger partial charge >= 0.3 is 7.12 Å². The quantitative estimate of drug-likeness (QED) is 0.839. The topological polar surface area (TPSA) is 49.7 Å². The predicted octanol–water partition coefficient (Wildman–Crippen LogP) is 1.74. The first-order chi connectivity index (χ1) is 9.06. The summed E-state index contributed by atoms with van der Waals surface area (Å²) in [5, 5.41) is 18.4. The third kappa shape index (κ3) is 3.70. The molecule has 0 saturated heterocycles. The van der Waals surface area contributed by atoms with Crippen molar-refractivity contribution in [2.45, 2.75) is 6.61 Å². The van der Waals surface area contributed by atoms with Gasteiger partial charge in [0.05, 0.1) is 5.02 Å². The first kappa shape index (κ1) is 13.9. The lowest BCUT2D eigenvalue weighted by atomic mass is 9.80. The molecular weight excluding hydrogens is 269 g/mol. The lowest BCUT2D eigenvalue weighted by molar-refractivity contribution is 0.306. The van der Waals surface area contributed by atoms with Crippen molar-refractivity contribution in [2.75, 3.05) is 0 Å². The fourth-order valence-electron chi connectivity index (χ4n) is 1.56. The van der Waals surface area contributed by atoms with Gasteiger partial charge in [0, 0.05) is 5.56 Å². The van der Waals surface area contributed by atoms with Gasteiger partial charge in [0.25, 0.3) is 0 Å². The zero-order chi connectivity index (χ0) is 13.8. The second kappa shape index (κ2) is 6.06. The summed E-state index contributed by atoms with van der Waals surface area (Å²) in [6.45, 7) is 0.171. The molecule has 19 heavy (non-hydrogen) atoms. The van der Waals surface area contributed by atoms with E-state index in [1.165, 1.54) is 18.2 Å². The van der Waals surface area contributed by atoms with E-state index in [1.54, 1.807) is 24.3 Å². The first-order valence-electron chi connectivity index (χ1n) is 5.59. The molecule has 2 N–H and O–H groups in total. The molecule has 2 aromatic rings. The van der Waals surface area contributed by atoms with Gasteiger partial charge in [0.15, 0.2) is 0 Å². The Morgan fingerprint density at radius 2 is 1.95 bits per heavy atom. The lowest BCUT2D eigenvalue weighted by Crippen LogP contribution is -2.29. The maximum atomic E-state index is 12.9. The smallest absolute Gasteiger partial charge is 0.488 e. The minimum Gasteiger partial charge on any atom is -0.489 e. The average Bonchev–Trinajstić information content (AvgIpc) is 2.38. The van der Waals surface area contributed by atoms with E-state index in [0.717, 1.165) is 0 Å². The van der Waals surface area contributed by atoms with Crippen LogP contribution in [0.15, 0.2) is 42.5 Å². The second-order valence-corrected chi connectivity index (χ2v) is 4.38. The van der Waals surface area contributed by atoms with Gasteiger partial charge in [-0.15, -0.1) is 0 Å². The maximum Gasteiger partial charge on any atom is 0.488 e. The van der Waals surface area contributed by atoms with E-state index in [9.17, 15) is 4.39 Å². The summed E-state index contributed by atoms with van der Waals surface area (Å²) in [7, 11) is -1.54. The molecule has 0 heterocycles. The Labute approximate surface area is 115 Å². The second-order valence-electron chi connectivity index (χ2n) is 3.97. The summed E-state index contributed by atoms with van der Waals surface area (Å²) < 4.78 is 18.3. The van der Waals surface area contributed by atoms with E-state index in [2.05, 4.69) is 0 Å². The monoisotopic (exact) mass is 280 g/mol. The van der Waals surface area contributed by atoms with Gasteiger partial charge in [0.2, 0.25) is 0 Å². The van der Waals surface area contributed by atoms with Crippen LogP contribution in [0, 0.1) is 5.82 Å². The molecule has 0 spiro atoms. The Morgan fingerprint density at radius 3 is 2.63 bits per heavy atom. The minimum absolute atomic E-state index is 0.171. The molecule has 0 unspecified atom stereocenters. The third-order valence-electron chi connectivity index (χ3n) is 2.57. The summed E-state index contributed by atoms with van der Waals surface area (Å²) in [6.07, 6.45) is 0. The van der Waals surface area contributed by atoms with E-state index in [-0.39, 0.29) is 6.61 Å². The molecule has 0 aromatic heterocycles. The number of hydrogen-bond donors (Lipinski definition) is 2. The molecule has 6 heteroatoms. The van der Waals surface area contributed by atoms with E-state index in [0.29, 0.717) is 21.8 Å². The Kier molecular flexibility index (Phi) is 4.42. The molecule has 0 radical (unpaired) electrons. The largest absolute Gasteiger partial charge is 0.489 e. The van der Waals surface area contributed by atoms with Crippen molar-refractivity contribution in [2.24, 2.45) is 0 Å². The first-order valence-corrected chi connectivity index (χ1v) is 5.97. The zero-order valence-electron chi connectivity index (χ0n) is 9.88. The molecule has 0 saturated carbocycles. The Balaban J connectivity index is 2.08. The number of rotatable bonds is 4. The number of benzene rings is 2. The summed E-state index contributed by atoms with van der Waals surface area (Å²) in [4.78, 5) is 0. The van der Waals surface area contributed by atoms with Gasteiger partial charge in [-0.2, -0.15) is 0 Å². The van der Waals surface area contributed by atoms with Gasteiger partial charge < -0.3 is 14.8 Å². The van der Waals surface area contributed by atoms with Crippen LogP contribution in [0.25, 0.3) is 0 Å². The highest BCUT2D eigenvalue weighted by molar-refractivity contribution is 6.58. The molecule has 0 bridgehead atoms. The van der Waals surface area contributed by atoms with Crippen molar-refractivity contribution < 1.29 is 19.2 Å². The number of halogens is 2. The van der Waals surface area contributed by atoms with Crippen LogP contribution in [-0.4, -0.2) is 17.2 Å². The predicted molar refractivity (Wildman–Crippen MR) is 72.0 cm³/mol. The normalized spacial score (nSPS) is 10.3. The van der Waals surface area contributed by atoms with E-state index < -0.39 is 12.9 Å². The molecule has 0 amide bonds. The Morgan fingerprint density at radius 1 is 1.16 bits per heavy atom. The number of hydrogen-bond acceptors (Lipinski definition) is 3. The van der Waals surface area contributed by atoms with Gasteiger partial charge in [0.1, 0.15) is 18.2 Å².